The molecule has 1 atom stereocenters. The van der Waals surface area contributed by atoms with E-state index >= 15 is 0 Å². The standard InChI is InChI=1S/C21H20NO5/c1-12-3-5-15(26-12)7-14-8-18-21(25)17(9-16-6-4-13(2)27-16)19(11-23)22(18)10-20(14)24/h3-6,8-10,19,23-24H,7,11H2,1-2H3/b17-9-. The lowest BCUT2D eigenvalue weighted by Crippen LogP contribution is -2.31. The lowest BCUT2D eigenvalue weighted by atomic mass is 10.0. The molecule has 0 amide bonds. The van der Waals surface area contributed by atoms with E-state index in [1.807, 2.05) is 32.0 Å². The van der Waals surface area contributed by atoms with Crippen LogP contribution in [0, 0.1) is 13.8 Å². The molecular formula is C21H20NO5. The molecule has 6 heteroatoms. The maximum Gasteiger partial charge on any atom is 0.207 e. The molecule has 2 aliphatic rings. The zero-order valence-corrected chi connectivity index (χ0v) is 15.1. The summed E-state index contributed by atoms with van der Waals surface area (Å²) in [5.41, 5.74) is 1.44. The molecule has 2 aromatic rings. The molecule has 4 heterocycles. The van der Waals surface area contributed by atoms with E-state index in [0.29, 0.717) is 34.8 Å². The van der Waals surface area contributed by atoms with Crippen LogP contribution in [0.25, 0.3) is 6.08 Å². The minimum Gasteiger partial charge on any atom is -0.506 e. The molecule has 2 N–H and O–H groups in total. The van der Waals surface area contributed by atoms with Crippen molar-refractivity contribution < 1.29 is 24.2 Å². The topological polar surface area (TPSA) is 89.9 Å². The van der Waals surface area contributed by atoms with E-state index in [1.165, 1.54) is 6.20 Å². The summed E-state index contributed by atoms with van der Waals surface area (Å²) in [7, 11) is 0. The second-order valence-electron chi connectivity index (χ2n) is 6.74. The highest BCUT2D eigenvalue weighted by molar-refractivity contribution is 5.62. The van der Waals surface area contributed by atoms with Crippen molar-refractivity contribution in [2.24, 2.45) is 0 Å². The summed E-state index contributed by atoms with van der Waals surface area (Å²) < 4.78 is 11.1. The smallest absolute Gasteiger partial charge is 0.207 e. The molecule has 2 aliphatic heterocycles. The van der Waals surface area contributed by atoms with Crippen LogP contribution in [0.5, 0.6) is 0 Å². The molecule has 0 aliphatic carbocycles. The van der Waals surface area contributed by atoms with Crippen molar-refractivity contribution in [1.29, 1.82) is 0 Å². The minimum absolute atomic E-state index is 0.0501. The number of fused-ring (bicyclic) bond motifs is 1. The summed E-state index contributed by atoms with van der Waals surface area (Å²) in [6.07, 6.45) is 5.18. The van der Waals surface area contributed by atoms with E-state index in [2.05, 4.69) is 0 Å². The molecule has 6 nitrogen and oxygen atoms in total. The van der Waals surface area contributed by atoms with Gasteiger partial charge >= 0.3 is 0 Å². The first-order valence-corrected chi connectivity index (χ1v) is 8.72. The molecule has 1 radical (unpaired) electrons. The highest BCUT2D eigenvalue weighted by atomic mass is 16.3. The Bertz CT molecular complexity index is 1000. The number of rotatable bonds is 4. The molecule has 139 valence electrons. The monoisotopic (exact) mass is 366 g/mol. The molecule has 27 heavy (non-hydrogen) atoms. The van der Waals surface area contributed by atoms with E-state index in [4.69, 9.17) is 8.83 Å². The number of aliphatic hydroxyl groups is 2. The molecule has 0 saturated heterocycles. The lowest BCUT2D eigenvalue weighted by Gasteiger charge is -2.27. The van der Waals surface area contributed by atoms with Gasteiger partial charge in [0, 0.05) is 23.8 Å². The summed E-state index contributed by atoms with van der Waals surface area (Å²) in [5.74, 6) is 2.65. The van der Waals surface area contributed by atoms with Crippen molar-refractivity contribution in [3.05, 3.63) is 87.9 Å². The number of hydrogen-bond acceptors (Lipinski definition) is 5. The Morgan fingerprint density at radius 1 is 1.15 bits per heavy atom. The maximum atomic E-state index is 13.0. The van der Waals surface area contributed by atoms with Gasteiger partial charge in [-0.25, -0.2) is 0 Å². The number of nitrogens with zero attached hydrogens (tertiary/aromatic N) is 1. The van der Waals surface area contributed by atoms with Crippen LogP contribution in [-0.2, 0) is 11.5 Å². The Hall–Kier alpha value is -3.12. The molecule has 0 bridgehead atoms. The van der Waals surface area contributed by atoms with E-state index < -0.39 is 6.04 Å². The van der Waals surface area contributed by atoms with E-state index in [9.17, 15) is 15.3 Å². The fourth-order valence-electron chi connectivity index (χ4n) is 3.43. The Kier molecular flexibility index (Phi) is 4.20. The predicted molar refractivity (Wildman–Crippen MR) is 97.8 cm³/mol. The van der Waals surface area contributed by atoms with Crippen LogP contribution in [0.15, 0.2) is 73.7 Å². The third-order valence-corrected chi connectivity index (χ3v) is 4.76. The number of aliphatic hydroxyl groups excluding tert-OH is 2. The van der Waals surface area contributed by atoms with Gasteiger partial charge in [0.15, 0.2) is 0 Å². The Morgan fingerprint density at radius 2 is 1.89 bits per heavy atom. The molecular weight excluding hydrogens is 346 g/mol. The summed E-state index contributed by atoms with van der Waals surface area (Å²) in [4.78, 5) is 1.61. The third kappa shape index (κ3) is 3.08. The van der Waals surface area contributed by atoms with Crippen LogP contribution in [0.3, 0.4) is 0 Å². The van der Waals surface area contributed by atoms with Gasteiger partial charge < -0.3 is 23.9 Å². The Labute approximate surface area is 156 Å². The van der Waals surface area contributed by atoms with Gasteiger partial charge in [-0.3, -0.25) is 5.11 Å². The van der Waals surface area contributed by atoms with Crippen LogP contribution in [0.1, 0.15) is 23.0 Å². The highest BCUT2D eigenvalue weighted by Crippen LogP contribution is 2.39. The molecule has 0 spiro atoms. The van der Waals surface area contributed by atoms with Gasteiger partial charge in [0.1, 0.15) is 28.8 Å². The van der Waals surface area contributed by atoms with E-state index in [0.717, 1.165) is 11.5 Å². The summed E-state index contributed by atoms with van der Waals surface area (Å²) in [6, 6.07) is 6.73. The highest BCUT2D eigenvalue weighted by Gasteiger charge is 2.38. The van der Waals surface area contributed by atoms with Crippen molar-refractivity contribution in [2.75, 3.05) is 6.61 Å². The van der Waals surface area contributed by atoms with Gasteiger partial charge in [-0.15, -0.1) is 0 Å². The lowest BCUT2D eigenvalue weighted by molar-refractivity contribution is 0.216. The average molecular weight is 366 g/mol. The van der Waals surface area contributed by atoms with Crippen LogP contribution in [0.4, 0.5) is 0 Å². The number of aryl methyl sites for hydroxylation is 2. The largest absolute Gasteiger partial charge is 0.506 e. The zero-order valence-electron chi connectivity index (χ0n) is 15.1. The van der Waals surface area contributed by atoms with Crippen molar-refractivity contribution in [2.45, 2.75) is 26.3 Å². The van der Waals surface area contributed by atoms with Gasteiger partial charge in [-0.1, -0.05) is 0 Å². The van der Waals surface area contributed by atoms with Crippen molar-refractivity contribution in [1.82, 2.24) is 4.90 Å². The molecule has 0 saturated carbocycles. The van der Waals surface area contributed by atoms with E-state index in [1.54, 1.807) is 23.1 Å². The molecule has 0 aromatic carbocycles. The molecule has 2 aromatic heterocycles. The second kappa shape index (κ2) is 6.55. The van der Waals surface area contributed by atoms with Crippen molar-refractivity contribution in [3.63, 3.8) is 0 Å². The van der Waals surface area contributed by atoms with Crippen LogP contribution < -0.4 is 0 Å². The number of furan rings is 2. The molecule has 1 unspecified atom stereocenters. The summed E-state index contributed by atoms with van der Waals surface area (Å²) in [6.45, 7) is 3.42. The Balaban J connectivity index is 1.72. The van der Waals surface area contributed by atoms with Crippen LogP contribution >= 0.6 is 0 Å². The SMILES string of the molecule is Cc1ccc(/C=C2\C([O])=C3C=C(Cc4ccc(C)o4)C(O)=CN3C2CO)o1. The molecule has 0 fully saturated rings. The second-order valence-corrected chi connectivity index (χ2v) is 6.74. The van der Waals surface area contributed by atoms with Gasteiger partial charge in [-0.05, 0) is 50.3 Å². The summed E-state index contributed by atoms with van der Waals surface area (Å²) in [5, 5.41) is 33.2. The first-order valence-electron chi connectivity index (χ1n) is 8.72. The van der Waals surface area contributed by atoms with Gasteiger partial charge in [-0.2, -0.15) is 0 Å². The van der Waals surface area contributed by atoms with Crippen molar-refractivity contribution >= 4 is 6.08 Å². The predicted octanol–water partition coefficient (Wildman–Crippen LogP) is 3.77. The fraction of sp³-hybridized carbons (Fsp3) is 0.238. The Morgan fingerprint density at radius 3 is 2.52 bits per heavy atom. The number of allylic oxidation sites excluding steroid dienone is 2. The first-order chi connectivity index (χ1) is 13.0. The molecule has 4 rings (SSSR count). The minimum atomic E-state index is -0.566. The van der Waals surface area contributed by atoms with Gasteiger partial charge in [0.2, 0.25) is 5.76 Å². The zero-order chi connectivity index (χ0) is 19.1. The van der Waals surface area contributed by atoms with Crippen LogP contribution in [-0.4, -0.2) is 27.8 Å². The normalized spacial score (nSPS) is 20.9. The quantitative estimate of drug-likeness (QED) is 0.860. The van der Waals surface area contributed by atoms with Crippen LogP contribution in [0.2, 0.25) is 0 Å². The van der Waals surface area contributed by atoms with Gasteiger partial charge in [0.25, 0.3) is 0 Å². The van der Waals surface area contributed by atoms with E-state index in [-0.39, 0.29) is 18.1 Å². The summed E-state index contributed by atoms with van der Waals surface area (Å²) >= 11 is 0. The maximum absolute atomic E-state index is 13.0. The number of hydrogen-bond donors (Lipinski definition) is 2. The average Bonchev–Trinajstić information content (AvgIpc) is 3.29. The van der Waals surface area contributed by atoms with Gasteiger partial charge in [0.05, 0.1) is 18.3 Å². The first kappa shape index (κ1) is 17.3. The fourth-order valence-corrected chi connectivity index (χ4v) is 3.43. The van der Waals surface area contributed by atoms with Crippen molar-refractivity contribution in [3.8, 4) is 0 Å². The third-order valence-electron chi connectivity index (χ3n) is 4.76.